The van der Waals surface area contributed by atoms with Gasteiger partial charge in [0.25, 0.3) is 0 Å². The SMILES string of the molecule is CCCNCc1ccc(-c2ccncc2C)cc1Cl. The third-order valence-corrected chi connectivity index (χ3v) is 3.48. The number of hydrogen-bond donors (Lipinski definition) is 1. The zero-order chi connectivity index (χ0) is 13.7. The maximum absolute atomic E-state index is 6.35. The van der Waals surface area contributed by atoms with Crippen molar-refractivity contribution in [2.75, 3.05) is 6.54 Å². The normalized spacial score (nSPS) is 10.7. The largest absolute Gasteiger partial charge is 0.313 e. The topological polar surface area (TPSA) is 24.9 Å². The van der Waals surface area contributed by atoms with E-state index in [-0.39, 0.29) is 0 Å². The number of nitrogens with zero attached hydrogens (tertiary/aromatic N) is 1. The molecule has 2 nitrogen and oxygen atoms in total. The summed E-state index contributed by atoms with van der Waals surface area (Å²) in [5.41, 5.74) is 4.63. The minimum atomic E-state index is 0.817. The van der Waals surface area contributed by atoms with Crippen molar-refractivity contribution in [2.45, 2.75) is 26.8 Å². The lowest BCUT2D eigenvalue weighted by Gasteiger charge is -2.10. The molecule has 0 bridgehead atoms. The van der Waals surface area contributed by atoms with E-state index in [1.807, 2.05) is 24.5 Å². The van der Waals surface area contributed by atoms with E-state index in [9.17, 15) is 0 Å². The quantitative estimate of drug-likeness (QED) is 0.826. The lowest BCUT2D eigenvalue weighted by Crippen LogP contribution is -2.13. The molecule has 2 rings (SSSR count). The van der Waals surface area contributed by atoms with Crippen molar-refractivity contribution in [1.29, 1.82) is 0 Å². The second-order valence-corrected chi connectivity index (χ2v) is 5.08. The molecular weight excluding hydrogens is 256 g/mol. The summed E-state index contributed by atoms with van der Waals surface area (Å²) < 4.78 is 0. The Bertz CT molecular complexity index is 552. The van der Waals surface area contributed by atoms with Gasteiger partial charge < -0.3 is 5.32 Å². The van der Waals surface area contributed by atoms with Crippen LogP contribution in [0.1, 0.15) is 24.5 Å². The maximum Gasteiger partial charge on any atom is 0.0457 e. The number of nitrogens with one attached hydrogen (secondary N) is 1. The first-order valence-electron chi connectivity index (χ1n) is 6.62. The Morgan fingerprint density at radius 1 is 1.26 bits per heavy atom. The van der Waals surface area contributed by atoms with Crippen LogP contribution in [0.5, 0.6) is 0 Å². The minimum Gasteiger partial charge on any atom is -0.313 e. The first-order chi connectivity index (χ1) is 9.22. The maximum atomic E-state index is 6.35. The van der Waals surface area contributed by atoms with Gasteiger partial charge in [0.15, 0.2) is 0 Å². The van der Waals surface area contributed by atoms with E-state index in [1.54, 1.807) is 0 Å². The van der Waals surface area contributed by atoms with Crippen LogP contribution in [0, 0.1) is 6.92 Å². The van der Waals surface area contributed by atoms with Crippen LogP contribution in [0.4, 0.5) is 0 Å². The molecule has 0 saturated heterocycles. The van der Waals surface area contributed by atoms with Crippen LogP contribution in [0.2, 0.25) is 5.02 Å². The number of rotatable bonds is 5. The molecule has 1 heterocycles. The molecule has 0 saturated carbocycles. The molecule has 2 aromatic rings. The first-order valence-corrected chi connectivity index (χ1v) is 7.00. The smallest absolute Gasteiger partial charge is 0.0457 e. The number of aromatic nitrogens is 1. The fourth-order valence-electron chi connectivity index (χ4n) is 2.06. The third-order valence-electron chi connectivity index (χ3n) is 3.13. The summed E-state index contributed by atoms with van der Waals surface area (Å²) in [4.78, 5) is 4.12. The number of halogens is 1. The van der Waals surface area contributed by atoms with Gasteiger partial charge in [-0.15, -0.1) is 0 Å². The lowest BCUT2D eigenvalue weighted by atomic mass is 10.0. The third kappa shape index (κ3) is 3.55. The zero-order valence-electron chi connectivity index (χ0n) is 11.4. The van der Waals surface area contributed by atoms with Gasteiger partial charge in [0.1, 0.15) is 0 Å². The Morgan fingerprint density at radius 2 is 2.11 bits per heavy atom. The highest BCUT2D eigenvalue weighted by molar-refractivity contribution is 6.31. The van der Waals surface area contributed by atoms with E-state index in [4.69, 9.17) is 11.6 Å². The molecule has 0 amide bonds. The highest BCUT2D eigenvalue weighted by Crippen LogP contribution is 2.27. The van der Waals surface area contributed by atoms with Crippen molar-refractivity contribution < 1.29 is 0 Å². The molecule has 19 heavy (non-hydrogen) atoms. The lowest BCUT2D eigenvalue weighted by molar-refractivity contribution is 0.675. The summed E-state index contributed by atoms with van der Waals surface area (Å²) >= 11 is 6.35. The standard InChI is InChI=1S/C16H19ClN2/c1-3-7-18-11-14-5-4-13(9-16(14)17)15-6-8-19-10-12(15)2/h4-6,8-10,18H,3,7,11H2,1-2H3. The van der Waals surface area contributed by atoms with Crippen molar-refractivity contribution in [2.24, 2.45) is 0 Å². The molecule has 0 aliphatic rings. The van der Waals surface area contributed by atoms with E-state index < -0.39 is 0 Å². The average molecular weight is 275 g/mol. The van der Waals surface area contributed by atoms with Crippen LogP contribution in [-0.4, -0.2) is 11.5 Å². The van der Waals surface area contributed by atoms with E-state index in [2.05, 4.69) is 36.3 Å². The van der Waals surface area contributed by atoms with Gasteiger partial charge in [-0.1, -0.05) is 30.7 Å². The monoisotopic (exact) mass is 274 g/mol. The Kier molecular flexibility index (Phi) is 4.94. The number of pyridine rings is 1. The molecule has 1 aromatic heterocycles. The summed E-state index contributed by atoms with van der Waals surface area (Å²) in [6.07, 6.45) is 4.82. The molecule has 0 radical (unpaired) electrons. The van der Waals surface area contributed by atoms with E-state index in [0.29, 0.717) is 0 Å². The Morgan fingerprint density at radius 3 is 2.79 bits per heavy atom. The molecule has 0 fully saturated rings. The van der Waals surface area contributed by atoms with Gasteiger partial charge in [-0.25, -0.2) is 0 Å². The van der Waals surface area contributed by atoms with Crippen LogP contribution < -0.4 is 5.32 Å². The van der Waals surface area contributed by atoms with Crippen LogP contribution in [0.25, 0.3) is 11.1 Å². The van der Waals surface area contributed by atoms with Crippen LogP contribution >= 0.6 is 11.6 Å². The first kappa shape index (κ1) is 14.0. The van der Waals surface area contributed by atoms with Gasteiger partial charge in [0, 0.05) is 24.0 Å². The molecule has 0 aliphatic carbocycles. The molecular formula is C16H19ClN2. The van der Waals surface area contributed by atoms with Crippen molar-refractivity contribution in [3.8, 4) is 11.1 Å². The Balaban J connectivity index is 2.21. The van der Waals surface area contributed by atoms with Gasteiger partial charge in [-0.05, 0) is 54.3 Å². The highest BCUT2D eigenvalue weighted by atomic mass is 35.5. The van der Waals surface area contributed by atoms with Crippen LogP contribution in [0.3, 0.4) is 0 Å². The van der Waals surface area contributed by atoms with E-state index in [1.165, 1.54) is 5.56 Å². The number of benzene rings is 1. The fraction of sp³-hybridized carbons (Fsp3) is 0.312. The zero-order valence-corrected chi connectivity index (χ0v) is 12.2. The fourth-order valence-corrected chi connectivity index (χ4v) is 2.30. The molecule has 0 unspecified atom stereocenters. The summed E-state index contributed by atoms with van der Waals surface area (Å²) in [5, 5.41) is 4.19. The predicted molar refractivity (Wildman–Crippen MR) is 81.4 cm³/mol. The van der Waals surface area contributed by atoms with Gasteiger partial charge >= 0.3 is 0 Å². The van der Waals surface area contributed by atoms with Gasteiger partial charge in [-0.3, -0.25) is 4.98 Å². The number of aryl methyl sites for hydroxylation is 1. The molecule has 0 aliphatic heterocycles. The summed E-state index contributed by atoms with van der Waals surface area (Å²) in [6.45, 7) is 6.06. The minimum absolute atomic E-state index is 0.817. The second kappa shape index (κ2) is 6.69. The Hall–Kier alpha value is -1.38. The molecule has 100 valence electrons. The summed E-state index contributed by atoms with van der Waals surface area (Å²) in [6, 6.07) is 8.28. The van der Waals surface area contributed by atoms with Crippen LogP contribution in [0.15, 0.2) is 36.7 Å². The van der Waals surface area contributed by atoms with Crippen molar-refractivity contribution in [1.82, 2.24) is 10.3 Å². The highest BCUT2D eigenvalue weighted by Gasteiger charge is 2.05. The van der Waals surface area contributed by atoms with Crippen molar-refractivity contribution in [3.63, 3.8) is 0 Å². The number of hydrogen-bond acceptors (Lipinski definition) is 2. The molecule has 0 atom stereocenters. The predicted octanol–water partition coefficient (Wildman–Crippen LogP) is 4.21. The van der Waals surface area contributed by atoms with Gasteiger partial charge in [-0.2, -0.15) is 0 Å². The van der Waals surface area contributed by atoms with E-state index >= 15 is 0 Å². The average Bonchev–Trinajstić information content (AvgIpc) is 2.41. The Labute approximate surface area is 119 Å². The van der Waals surface area contributed by atoms with Gasteiger partial charge in [0.05, 0.1) is 0 Å². The molecule has 3 heteroatoms. The summed E-state index contributed by atoms with van der Waals surface area (Å²) in [5.74, 6) is 0. The molecule has 1 N–H and O–H groups in total. The summed E-state index contributed by atoms with van der Waals surface area (Å²) in [7, 11) is 0. The second-order valence-electron chi connectivity index (χ2n) is 4.67. The van der Waals surface area contributed by atoms with Crippen LogP contribution in [-0.2, 0) is 6.54 Å². The van der Waals surface area contributed by atoms with Crippen molar-refractivity contribution in [3.05, 3.63) is 52.8 Å². The van der Waals surface area contributed by atoms with Crippen molar-refractivity contribution >= 4 is 11.6 Å². The van der Waals surface area contributed by atoms with E-state index in [0.717, 1.165) is 41.2 Å². The molecule has 0 spiro atoms. The van der Waals surface area contributed by atoms with Gasteiger partial charge in [0.2, 0.25) is 0 Å². The molecule has 1 aromatic carbocycles.